The van der Waals surface area contributed by atoms with E-state index in [1.54, 1.807) is 4.90 Å². The molecule has 3 amide bonds. The number of aryl methyl sites for hydroxylation is 1. The lowest BCUT2D eigenvalue weighted by Crippen LogP contribution is -2.48. The summed E-state index contributed by atoms with van der Waals surface area (Å²) in [5.41, 5.74) is -0.0433. The molecule has 3 heterocycles. The minimum Gasteiger partial charge on any atom is -0.343 e. The zero-order chi connectivity index (χ0) is 22.1. The second-order valence-corrected chi connectivity index (χ2v) is 8.48. The molecule has 2 aliphatic rings. The number of hydrogen-bond acceptors (Lipinski definition) is 9. The van der Waals surface area contributed by atoms with Crippen molar-refractivity contribution in [3.63, 3.8) is 0 Å². The van der Waals surface area contributed by atoms with Gasteiger partial charge in [-0.1, -0.05) is 11.3 Å². The molecule has 0 N–H and O–H groups in total. The first-order valence-electron chi connectivity index (χ1n) is 9.82. The van der Waals surface area contributed by atoms with E-state index < -0.39 is 16.7 Å². The molecule has 0 saturated carbocycles. The number of aromatic nitrogens is 2. The number of carbonyl (C=O) groups excluding carboxylic acids is 3. The maximum absolute atomic E-state index is 12.5. The van der Waals surface area contributed by atoms with Crippen LogP contribution in [-0.4, -0.2) is 75.4 Å². The van der Waals surface area contributed by atoms with Crippen LogP contribution in [0, 0.1) is 17.0 Å². The molecule has 0 unspecified atom stereocenters. The second kappa shape index (κ2) is 8.38. The monoisotopic (exact) mass is 444 g/mol. The molecule has 1 aromatic carbocycles. The molecule has 0 atom stereocenters. The smallest absolute Gasteiger partial charge is 0.270 e. The van der Waals surface area contributed by atoms with Gasteiger partial charge in [-0.2, -0.15) is 0 Å². The van der Waals surface area contributed by atoms with Crippen LogP contribution in [0.2, 0.25) is 0 Å². The van der Waals surface area contributed by atoms with Crippen LogP contribution in [-0.2, 0) is 4.79 Å². The van der Waals surface area contributed by atoms with Crippen molar-refractivity contribution in [1.82, 2.24) is 20.0 Å². The van der Waals surface area contributed by atoms with Crippen LogP contribution >= 0.6 is 11.3 Å². The Morgan fingerprint density at radius 3 is 2.48 bits per heavy atom. The van der Waals surface area contributed by atoms with Crippen LogP contribution in [0.25, 0.3) is 0 Å². The molecule has 0 spiro atoms. The molecule has 1 saturated heterocycles. The number of piperazine rings is 1. The zero-order valence-corrected chi connectivity index (χ0v) is 17.6. The van der Waals surface area contributed by atoms with Gasteiger partial charge in [-0.05, 0) is 19.4 Å². The van der Waals surface area contributed by atoms with E-state index in [1.807, 2.05) is 6.92 Å². The van der Waals surface area contributed by atoms with Gasteiger partial charge in [0.15, 0.2) is 0 Å². The highest BCUT2D eigenvalue weighted by molar-refractivity contribution is 7.15. The Morgan fingerprint density at radius 2 is 1.84 bits per heavy atom. The maximum atomic E-state index is 12.5. The highest BCUT2D eigenvalue weighted by Gasteiger charge is 2.36. The lowest BCUT2D eigenvalue weighted by molar-refractivity contribution is -0.384. The number of rotatable bonds is 6. The summed E-state index contributed by atoms with van der Waals surface area (Å²) in [6.07, 6.45) is 0.549. The average Bonchev–Trinajstić information content (AvgIpc) is 3.30. The summed E-state index contributed by atoms with van der Waals surface area (Å²) < 4.78 is 0. The fourth-order valence-electron chi connectivity index (χ4n) is 3.70. The van der Waals surface area contributed by atoms with E-state index in [9.17, 15) is 24.5 Å². The van der Waals surface area contributed by atoms with Crippen LogP contribution in [0.5, 0.6) is 0 Å². The lowest BCUT2D eigenvalue weighted by Gasteiger charge is -2.34. The van der Waals surface area contributed by atoms with Gasteiger partial charge in [0, 0.05) is 51.3 Å². The van der Waals surface area contributed by atoms with Crippen molar-refractivity contribution in [3.05, 3.63) is 44.4 Å². The number of anilines is 1. The van der Waals surface area contributed by atoms with Gasteiger partial charge in [0.25, 0.3) is 17.5 Å². The highest BCUT2D eigenvalue weighted by atomic mass is 32.1. The minimum absolute atomic E-state index is 0.0275. The Balaban J connectivity index is 1.27. The van der Waals surface area contributed by atoms with Gasteiger partial charge >= 0.3 is 0 Å². The van der Waals surface area contributed by atoms with E-state index in [0.717, 1.165) is 21.1 Å². The quantitative estimate of drug-likeness (QED) is 0.372. The third-order valence-corrected chi connectivity index (χ3v) is 6.26. The van der Waals surface area contributed by atoms with Gasteiger partial charge in [0.05, 0.1) is 16.1 Å². The standard InChI is InChI=1S/C19H20N6O5S/c1-12-20-21-19(31-12)23-9-7-22(8-10-23)16(26)3-2-6-24-17(27)14-5-4-13(25(29)30)11-15(14)18(24)28/h4-5,11H,2-3,6-10H2,1H3. The Morgan fingerprint density at radius 1 is 1.13 bits per heavy atom. The van der Waals surface area contributed by atoms with Crippen LogP contribution in [0.3, 0.4) is 0 Å². The van der Waals surface area contributed by atoms with Gasteiger partial charge in [0.2, 0.25) is 11.0 Å². The molecular weight excluding hydrogens is 424 g/mol. The molecule has 4 rings (SSSR count). The molecule has 0 aliphatic carbocycles. The van der Waals surface area contributed by atoms with Crippen LogP contribution in [0.1, 0.15) is 38.6 Å². The van der Waals surface area contributed by atoms with Gasteiger partial charge in [-0.15, -0.1) is 10.2 Å². The molecule has 2 aliphatic heterocycles. The van der Waals surface area contributed by atoms with Crippen molar-refractivity contribution in [2.75, 3.05) is 37.6 Å². The number of benzene rings is 1. The van der Waals surface area contributed by atoms with E-state index in [4.69, 9.17) is 0 Å². The molecule has 2 aromatic rings. The third kappa shape index (κ3) is 4.10. The van der Waals surface area contributed by atoms with Gasteiger partial charge in [-0.3, -0.25) is 29.4 Å². The molecule has 0 bridgehead atoms. The van der Waals surface area contributed by atoms with Crippen molar-refractivity contribution >= 4 is 39.9 Å². The Bertz CT molecular complexity index is 1060. The molecule has 31 heavy (non-hydrogen) atoms. The number of imide groups is 1. The number of hydrogen-bond donors (Lipinski definition) is 0. The third-order valence-electron chi connectivity index (χ3n) is 5.36. The average molecular weight is 444 g/mol. The van der Waals surface area contributed by atoms with Crippen LogP contribution < -0.4 is 4.90 Å². The Hall–Kier alpha value is -3.41. The van der Waals surface area contributed by atoms with Crippen molar-refractivity contribution < 1.29 is 19.3 Å². The normalized spacial score (nSPS) is 16.1. The van der Waals surface area contributed by atoms with E-state index >= 15 is 0 Å². The molecule has 11 nitrogen and oxygen atoms in total. The van der Waals surface area contributed by atoms with Crippen molar-refractivity contribution in [2.45, 2.75) is 19.8 Å². The molecule has 1 fully saturated rings. The van der Waals surface area contributed by atoms with Crippen molar-refractivity contribution in [3.8, 4) is 0 Å². The van der Waals surface area contributed by atoms with Gasteiger partial charge in [0.1, 0.15) is 5.01 Å². The zero-order valence-electron chi connectivity index (χ0n) is 16.8. The fraction of sp³-hybridized carbons (Fsp3) is 0.421. The number of non-ortho nitro benzene ring substituents is 1. The summed E-state index contributed by atoms with van der Waals surface area (Å²) >= 11 is 1.52. The topological polar surface area (TPSA) is 130 Å². The van der Waals surface area contributed by atoms with Crippen molar-refractivity contribution in [2.24, 2.45) is 0 Å². The summed E-state index contributed by atoms with van der Waals surface area (Å²) in [7, 11) is 0. The summed E-state index contributed by atoms with van der Waals surface area (Å²) in [6.45, 7) is 4.50. The highest BCUT2D eigenvalue weighted by Crippen LogP contribution is 2.27. The molecule has 162 valence electrons. The van der Waals surface area contributed by atoms with E-state index in [2.05, 4.69) is 15.1 Å². The molecule has 1 aromatic heterocycles. The predicted octanol–water partition coefficient (Wildman–Crippen LogP) is 1.48. The fourth-order valence-corrected chi connectivity index (χ4v) is 4.44. The first-order valence-corrected chi connectivity index (χ1v) is 10.6. The maximum Gasteiger partial charge on any atom is 0.270 e. The molecule has 12 heteroatoms. The number of nitrogens with zero attached hydrogens (tertiary/aromatic N) is 6. The summed E-state index contributed by atoms with van der Waals surface area (Å²) in [5, 5.41) is 20.8. The largest absolute Gasteiger partial charge is 0.343 e. The number of nitro benzene ring substituents is 1. The first-order chi connectivity index (χ1) is 14.8. The van der Waals surface area contributed by atoms with E-state index in [-0.39, 0.29) is 35.7 Å². The van der Waals surface area contributed by atoms with Crippen molar-refractivity contribution in [1.29, 1.82) is 0 Å². The SMILES string of the molecule is Cc1nnc(N2CCN(C(=O)CCCN3C(=O)c4ccc([N+](=O)[O-])cc4C3=O)CC2)s1. The van der Waals surface area contributed by atoms with Gasteiger partial charge < -0.3 is 9.80 Å². The summed E-state index contributed by atoms with van der Waals surface area (Å²) in [5.74, 6) is -1.07. The van der Waals surface area contributed by atoms with E-state index in [0.29, 0.717) is 32.6 Å². The number of amides is 3. The predicted molar refractivity (Wildman–Crippen MR) is 111 cm³/mol. The molecular formula is C19H20N6O5S. The number of carbonyl (C=O) groups is 3. The Labute approximate surface area is 181 Å². The van der Waals surface area contributed by atoms with Crippen LogP contribution in [0.15, 0.2) is 18.2 Å². The van der Waals surface area contributed by atoms with Gasteiger partial charge in [-0.25, -0.2) is 0 Å². The lowest BCUT2D eigenvalue weighted by atomic mass is 10.1. The number of fused-ring (bicyclic) bond motifs is 1. The number of nitro groups is 1. The van der Waals surface area contributed by atoms with Crippen LogP contribution in [0.4, 0.5) is 10.8 Å². The second-order valence-electron chi connectivity index (χ2n) is 7.32. The Kier molecular flexibility index (Phi) is 5.63. The van der Waals surface area contributed by atoms with E-state index in [1.165, 1.54) is 23.5 Å². The first kappa shape index (κ1) is 20.8. The minimum atomic E-state index is -0.606. The summed E-state index contributed by atoms with van der Waals surface area (Å²) in [6, 6.07) is 3.64. The molecule has 0 radical (unpaired) electrons. The summed E-state index contributed by atoms with van der Waals surface area (Å²) in [4.78, 5) is 52.7.